The molecule has 3 nitrogen and oxygen atoms in total. The fraction of sp³-hybridized carbons (Fsp3) is 0.458. The maximum atomic E-state index is 11.9. The maximum Gasteiger partial charge on any atom is 0.329 e. The van der Waals surface area contributed by atoms with E-state index >= 15 is 0 Å². The summed E-state index contributed by atoms with van der Waals surface area (Å²) >= 11 is 6.04. The molecule has 0 saturated carbocycles. The van der Waals surface area contributed by atoms with Crippen molar-refractivity contribution in [3.63, 3.8) is 0 Å². The lowest BCUT2D eigenvalue weighted by atomic mass is 10.1. The number of unbranched alkanes of at least 4 members (excludes halogenated alkanes) is 4. The first-order chi connectivity index (χ1) is 13.5. The summed E-state index contributed by atoms with van der Waals surface area (Å²) in [5, 5.41) is -0.640. The summed E-state index contributed by atoms with van der Waals surface area (Å²) in [6, 6.07) is 15.5. The van der Waals surface area contributed by atoms with Crippen molar-refractivity contribution in [1.29, 1.82) is 0 Å². The number of esters is 1. The fourth-order valence-corrected chi connectivity index (χ4v) is 2.84. The van der Waals surface area contributed by atoms with Gasteiger partial charge in [-0.05, 0) is 47.7 Å². The van der Waals surface area contributed by atoms with Gasteiger partial charge in [-0.1, -0.05) is 70.7 Å². The zero-order valence-corrected chi connectivity index (χ0v) is 17.9. The van der Waals surface area contributed by atoms with Crippen molar-refractivity contribution in [2.45, 2.75) is 58.3 Å². The summed E-state index contributed by atoms with van der Waals surface area (Å²) in [4.78, 5) is 11.9. The third-order valence-corrected chi connectivity index (χ3v) is 5.27. The molecule has 0 unspecified atom stereocenters. The smallest absolute Gasteiger partial charge is 0.329 e. The molecule has 0 aliphatic heterocycles. The molecule has 2 aromatic carbocycles. The SMILES string of the molecule is CCCCCCCOc1ccc(-c2ccc(OC(=O)[C@@H](Cl)C(C)C)cc2)cc1. The van der Waals surface area contributed by atoms with Crippen LogP contribution in [-0.4, -0.2) is 18.0 Å². The minimum absolute atomic E-state index is 0.0329. The summed E-state index contributed by atoms with van der Waals surface area (Å²) in [5.74, 6) is 1.01. The van der Waals surface area contributed by atoms with E-state index < -0.39 is 11.3 Å². The summed E-state index contributed by atoms with van der Waals surface area (Å²) in [5.41, 5.74) is 2.14. The quantitative estimate of drug-likeness (QED) is 0.178. The second kappa shape index (κ2) is 11.8. The van der Waals surface area contributed by atoms with Crippen LogP contribution in [0.25, 0.3) is 11.1 Å². The Balaban J connectivity index is 1.85. The van der Waals surface area contributed by atoms with Crippen molar-refractivity contribution >= 4 is 17.6 Å². The lowest BCUT2D eigenvalue weighted by Crippen LogP contribution is -2.25. The maximum absolute atomic E-state index is 11.9. The van der Waals surface area contributed by atoms with Crippen molar-refractivity contribution < 1.29 is 14.3 Å². The third kappa shape index (κ3) is 7.20. The van der Waals surface area contributed by atoms with Crippen LogP contribution in [0.5, 0.6) is 11.5 Å². The molecule has 2 aromatic rings. The molecule has 1 atom stereocenters. The normalized spacial score (nSPS) is 12.0. The molecule has 0 aliphatic carbocycles. The summed E-state index contributed by atoms with van der Waals surface area (Å²) in [7, 11) is 0. The zero-order chi connectivity index (χ0) is 20.4. The lowest BCUT2D eigenvalue weighted by molar-refractivity contribution is -0.134. The van der Waals surface area contributed by atoms with Gasteiger partial charge >= 0.3 is 5.97 Å². The minimum Gasteiger partial charge on any atom is -0.494 e. The van der Waals surface area contributed by atoms with Crippen molar-refractivity contribution in [2.75, 3.05) is 6.61 Å². The molecule has 0 saturated heterocycles. The van der Waals surface area contributed by atoms with Crippen LogP contribution in [0.1, 0.15) is 52.9 Å². The number of halogens is 1. The van der Waals surface area contributed by atoms with Crippen LogP contribution in [-0.2, 0) is 4.79 Å². The van der Waals surface area contributed by atoms with Crippen LogP contribution >= 0.6 is 11.6 Å². The van der Waals surface area contributed by atoms with E-state index in [1.807, 2.05) is 50.2 Å². The van der Waals surface area contributed by atoms with Gasteiger partial charge in [0.15, 0.2) is 0 Å². The van der Waals surface area contributed by atoms with Gasteiger partial charge in [0, 0.05) is 0 Å². The summed E-state index contributed by atoms with van der Waals surface area (Å²) < 4.78 is 11.1. The first-order valence-electron chi connectivity index (χ1n) is 10.2. The topological polar surface area (TPSA) is 35.5 Å². The Kier molecular flexibility index (Phi) is 9.36. The van der Waals surface area contributed by atoms with E-state index in [9.17, 15) is 4.79 Å². The van der Waals surface area contributed by atoms with Crippen LogP contribution in [0, 0.1) is 5.92 Å². The number of ether oxygens (including phenoxy) is 2. The predicted octanol–water partition coefficient (Wildman–Crippen LogP) is 6.87. The van der Waals surface area contributed by atoms with Crippen molar-refractivity contribution in [2.24, 2.45) is 5.92 Å². The van der Waals surface area contributed by atoms with Gasteiger partial charge in [-0.25, -0.2) is 0 Å². The number of hydrogen-bond donors (Lipinski definition) is 0. The fourth-order valence-electron chi connectivity index (χ4n) is 2.80. The Morgan fingerprint density at radius 1 is 0.857 bits per heavy atom. The van der Waals surface area contributed by atoms with Gasteiger partial charge in [-0.2, -0.15) is 0 Å². The van der Waals surface area contributed by atoms with Gasteiger partial charge in [-0.15, -0.1) is 11.6 Å². The van der Waals surface area contributed by atoms with Gasteiger partial charge in [-0.3, -0.25) is 4.79 Å². The average Bonchev–Trinajstić information content (AvgIpc) is 2.71. The largest absolute Gasteiger partial charge is 0.494 e. The van der Waals surface area contributed by atoms with Gasteiger partial charge in [0.25, 0.3) is 0 Å². The van der Waals surface area contributed by atoms with Gasteiger partial charge in [0.2, 0.25) is 0 Å². The number of benzene rings is 2. The molecule has 4 heteroatoms. The number of hydrogen-bond acceptors (Lipinski definition) is 3. The average molecular weight is 403 g/mol. The molecule has 28 heavy (non-hydrogen) atoms. The van der Waals surface area contributed by atoms with E-state index in [0.29, 0.717) is 5.75 Å². The highest BCUT2D eigenvalue weighted by atomic mass is 35.5. The van der Waals surface area contributed by atoms with Crippen LogP contribution < -0.4 is 9.47 Å². The lowest BCUT2D eigenvalue weighted by Gasteiger charge is -2.12. The Morgan fingerprint density at radius 2 is 1.39 bits per heavy atom. The third-order valence-electron chi connectivity index (χ3n) is 4.59. The van der Waals surface area contributed by atoms with Gasteiger partial charge in [0.1, 0.15) is 16.9 Å². The predicted molar refractivity (Wildman–Crippen MR) is 116 cm³/mol. The number of carbonyl (C=O) groups excluding carboxylic acids is 1. The first kappa shape index (κ1) is 22.3. The summed E-state index contributed by atoms with van der Waals surface area (Å²) in [6.45, 7) is 6.77. The molecule has 0 N–H and O–H groups in total. The highest BCUT2D eigenvalue weighted by molar-refractivity contribution is 6.30. The van der Waals surface area contributed by atoms with E-state index in [1.54, 1.807) is 12.1 Å². The standard InChI is InChI=1S/C24H31ClO3/c1-4-5-6-7-8-17-27-21-13-9-19(10-14-21)20-11-15-22(16-12-20)28-24(26)23(25)18(2)3/h9-16,18,23H,4-8,17H2,1-3H3/t23-/m0/s1. The first-order valence-corrected chi connectivity index (χ1v) is 10.6. The zero-order valence-electron chi connectivity index (χ0n) is 17.1. The minimum atomic E-state index is -0.640. The second-order valence-corrected chi connectivity index (χ2v) is 7.85. The van der Waals surface area contributed by atoms with Crippen LogP contribution in [0.4, 0.5) is 0 Å². The van der Waals surface area contributed by atoms with Crippen molar-refractivity contribution in [3.8, 4) is 22.6 Å². The van der Waals surface area contributed by atoms with Crippen LogP contribution in [0.15, 0.2) is 48.5 Å². The monoisotopic (exact) mass is 402 g/mol. The Hall–Kier alpha value is -2.00. The molecule has 0 bridgehead atoms. The molecule has 0 heterocycles. The molecule has 0 spiro atoms. The van der Waals surface area contributed by atoms with E-state index in [-0.39, 0.29) is 5.92 Å². The number of alkyl halides is 1. The van der Waals surface area contributed by atoms with Crippen LogP contribution in [0.2, 0.25) is 0 Å². The number of carbonyl (C=O) groups is 1. The highest BCUT2D eigenvalue weighted by Gasteiger charge is 2.21. The molecule has 0 radical (unpaired) electrons. The molecule has 0 amide bonds. The van der Waals surface area contributed by atoms with Gasteiger partial charge in [0.05, 0.1) is 6.61 Å². The van der Waals surface area contributed by atoms with Gasteiger partial charge < -0.3 is 9.47 Å². The van der Waals surface area contributed by atoms with E-state index in [1.165, 1.54) is 25.7 Å². The molecule has 0 aromatic heterocycles. The Bertz CT molecular complexity index is 708. The molecule has 0 fully saturated rings. The number of rotatable bonds is 11. The second-order valence-electron chi connectivity index (χ2n) is 7.38. The molecular formula is C24H31ClO3. The molecular weight excluding hydrogens is 372 g/mol. The molecule has 0 aliphatic rings. The molecule has 2 rings (SSSR count). The highest BCUT2D eigenvalue weighted by Crippen LogP contribution is 2.25. The molecule has 152 valence electrons. The summed E-state index contributed by atoms with van der Waals surface area (Å²) in [6.07, 6.45) is 6.17. The Labute approximate surface area is 174 Å². The van der Waals surface area contributed by atoms with E-state index in [2.05, 4.69) is 6.92 Å². The van der Waals surface area contributed by atoms with Crippen LogP contribution in [0.3, 0.4) is 0 Å². The Morgan fingerprint density at radius 3 is 1.93 bits per heavy atom. The van der Waals surface area contributed by atoms with E-state index in [0.717, 1.165) is 29.9 Å². The van der Waals surface area contributed by atoms with Crippen molar-refractivity contribution in [3.05, 3.63) is 48.5 Å². The van der Waals surface area contributed by atoms with Crippen molar-refractivity contribution in [1.82, 2.24) is 0 Å². The van der Waals surface area contributed by atoms with E-state index in [4.69, 9.17) is 21.1 Å².